The number of carboxylic acid groups (broad SMARTS) is 1. The summed E-state index contributed by atoms with van der Waals surface area (Å²) in [6.07, 6.45) is -16.8. The Hall–Kier alpha value is -5.95. The molecular formula is C40H44N4O18. The van der Waals surface area contributed by atoms with E-state index in [1.54, 1.807) is 0 Å². The van der Waals surface area contributed by atoms with Crippen LogP contribution in [-0.4, -0.2) is 150 Å². The monoisotopic (exact) mass is 868 g/mol. The highest BCUT2D eigenvalue weighted by molar-refractivity contribution is 6.31. The number of carboxylic acids is 1. The molecule has 1 amide bonds. The third kappa shape index (κ3) is 7.23. The number of amides is 1. The predicted molar refractivity (Wildman–Crippen MR) is 207 cm³/mol. The number of aliphatic imine (C=N–C) groups is 1. The molecule has 2 saturated heterocycles. The number of nitrogens with zero attached hydrogens (tertiary/aromatic N) is 1. The van der Waals surface area contributed by atoms with E-state index in [-0.39, 0.29) is 28.0 Å². The van der Waals surface area contributed by atoms with Crippen molar-refractivity contribution in [2.24, 2.45) is 16.5 Å². The number of rotatable bonds is 9. The Labute approximate surface area is 350 Å². The molecule has 4 aliphatic rings. The number of fused-ring (bicyclic) bond motifs is 5. The molecule has 0 spiro atoms. The lowest BCUT2D eigenvalue weighted by Gasteiger charge is -2.46. The fourth-order valence-electron chi connectivity index (χ4n) is 8.23. The number of phenols is 3. The molecule has 22 nitrogen and oxygen atoms in total. The number of nitrogens with two attached hydrogens (primary N) is 2. The minimum atomic E-state index is -1.95. The third-order valence-electron chi connectivity index (χ3n) is 11.3. The number of methoxy groups -OCH3 is 1. The fourth-order valence-corrected chi connectivity index (χ4v) is 8.23. The molecule has 3 aromatic carbocycles. The molecule has 0 saturated carbocycles. The number of aryl methyl sites for hydroxylation is 1. The van der Waals surface area contributed by atoms with Crippen LogP contribution in [0, 0.1) is 6.92 Å². The number of ketones is 2. The number of carbonyl (C=O) groups excluding carboxylic acids is 3. The lowest BCUT2D eigenvalue weighted by Crippen LogP contribution is -2.62. The van der Waals surface area contributed by atoms with Crippen molar-refractivity contribution in [1.29, 1.82) is 0 Å². The second kappa shape index (κ2) is 16.4. The number of aliphatic hydroxyl groups is 5. The van der Waals surface area contributed by atoms with Crippen molar-refractivity contribution < 1.29 is 88.8 Å². The van der Waals surface area contributed by atoms with Crippen LogP contribution in [0.25, 0.3) is 11.1 Å². The van der Waals surface area contributed by atoms with E-state index < -0.39 is 160 Å². The number of hydrogen-bond acceptors (Lipinski definition) is 18. The molecule has 62 heavy (non-hydrogen) atoms. The molecule has 0 aromatic heterocycles. The molecule has 2 aliphatic carbocycles. The molecule has 332 valence electrons. The van der Waals surface area contributed by atoms with Gasteiger partial charge in [0.2, 0.25) is 0 Å². The van der Waals surface area contributed by atoms with Gasteiger partial charge in [0.1, 0.15) is 77.8 Å². The Morgan fingerprint density at radius 1 is 0.855 bits per heavy atom. The first-order valence-corrected chi connectivity index (χ1v) is 19.1. The summed E-state index contributed by atoms with van der Waals surface area (Å²) in [6, 6.07) is 1.90. The molecule has 0 unspecified atom stereocenters. The molecule has 22 heteroatoms. The normalized spacial score (nSPS) is 29.3. The molecule has 12 atom stereocenters. The van der Waals surface area contributed by atoms with Gasteiger partial charge in [-0.1, -0.05) is 6.07 Å². The first-order valence-electron chi connectivity index (χ1n) is 19.1. The van der Waals surface area contributed by atoms with Gasteiger partial charge in [-0.25, -0.2) is 4.99 Å². The minimum Gasteiger partial charge on any atom is -0.507 e. The van der Waals surface area contributed by atoms with Gasteiger partial charge >= 0.3 is 5.97 Å². The van der Waals surface area contributed by atoms with Crippen LogP contribution in [0.5, 0.6) is 23.0 Å². The smallest absolute Gasteiger partial charge is 0.325 e. The minimum absolute atomic E-state index is 0.000882. The van der Waals surface area contributed by atoms with Crippen LogP contribution in [0.4, 0.5) is 0 Å². The Morgan fingerprint density at radius 3 is 2.15 bits per heavy atom. The molecule has 0 bridgehead atoms. The van der Waals surface area contributed by atoms with Gasteiger partial charge in [-0.3, -0.25) is 19.2 Å². The maximum absolute atomic E-state index is 14.1. The second-order valence-corrected chi connectivity index (χ2v) is 15.4. The summed E-state index contributed by atoms with van der Waals surface area (Å²) >= 11 is 0. The number of phenolic OH excluding ortho intramolecular Hbond substituents is 3. The summed E-state index contributed by atoms with van der Waals surface area (Å²) in [7, 11) is 1.25. The highest BCUT2D eigenvalue weighted by Gasteiger charge is 2.52. The van der Waals surface area contributed by atoms with E-state index >= 15 is 0 Å². The van der Waals surface area contributed by atoms with Crippen LogP contribution in [0.2, 0.25) is 0 Å². The topological polar surface area (TPSA) is 373 Å². The van der Waals surface area contributed by atoms with Crippen molar-refractivity contribution in [1.82, 2.24) is 5.32 Å². The zero-order valence-electron chi connectivity index (χ0n) is 33.2. The number of ether oxygens (including phenoxy) is 5. The van der Waals surface area contributed by atoms with Crippen LogP contribution in [0.15, 0.2) is 29.3 Å². The van der Waals surface area contributed by atoms with Crippen LogP contribution in [-0.2, 0) is 23.7 Å². The van der Waals surface area contributed by atoms with E-state index in [1.165, 1.54) is 40.0 Å². The molecular weight excluding hydrogens is 824 g/mol. The van der Waals surface area contributed by atoms with Crippen molar-refractivity contribution in [2.45, 2.75) is 94.3 Å². The number of guanidine groups is 1. The summed E-state index contributed by atoms with van der Waals surface area (Å²) in [5, 5.41) is 102. The second-order valence-electron chi connectivity index (χ2n) is 15.4. The van der Waals surface area contributed by atoms with Crippen LogP contribution >= 0.6 is 0 Å². The molecule has 0 radical (unpaired) electrons. The fraction of sp³-hybridized carbons (Fsp3) is 0.425. The average Bonchev–Trinajstić information content (AvgIpc) is 3.20. The Bertz CT molecular complexity index is 2400. The van der Waals surface area contributed by atoms with E-state index in [2.05, 4.69) is 10.3 Å². The van der Waals surface area contributed by atoms with E-state index in [1.807, 2.05) is 0 Å². The van der Waals surface area contributed by atoms with E-state index in [9.17, 15) is 65.1 Å². The number of aliphatic hydroxyl groups excluding tert-OH is 5. The first kappa shape index (κ1) is 44.1. The lowest BCUT2D eigenvalue weighted by molar-refractivity contribution is -0.337. The number of aliphatic carboxylic acids is 1. The number of nitrogens with one attached hydrogen (secondary N) is 1. The van der Waals surface area contributed by atoms with Crippen LogP contribution in [0.3, 0.4) is 0 Å². The lowest BCUT2D eigenvalue weighted by atomic mass is 9.74. The van der Waals surface area contributed by atoms with Gasteiger partial charge in [-0.05, 0) is 49.6 Å². The number of aromatic hydroxyl groups is 3. The third-order valence-corrected chi connectivity index (χ3v) is 11.3. The standard InChI is InChI=1S/C40H44N4O18/c1-10-5-17-23(30(51)20(10)36(55)43-11(2)37(56)57)22-15(8-16-24(31(22)52)27(48)14-6-13(58-4)7-18(45)21(14)26(16)47)28(49)34(17)61-39-33(54)35(25(12(3)60-39)44-40(41)42)62-38-32(53)29(50)19(46)9-59-38/h5-8,11-12,19,25,28-29,32-35,38-39,45-46,49-54H,9H2,1-4H3,(H,43,55)(H,56,57)(H4,41,42,44)/t11-,12-,19-,25+,28+,29+,32-,33-,34+,35+,38+,39+/m1/s1. The summed E-state index contributed by atoms with van der Waals surface area (Å²) in [5.74, 6) is -7.28. The van der Waals surface area contributed by atoms with Crippen molar-refractivity contribution >= 4 is 29.4 Å². The summed E-state index contributed by atoms with van der Waals surface area (Å²) in [6.45, 7) is 3.52. The maximum Gasteiger partial charge on any atom is 0.325 e. The van der Waals surface area contributed by atoms with Gasteiger partial charge in [0, 0.05) is 28.3 Å². The molecule has 2 aliphatic heterocycles. The molecule has 3 aromatic rings. The Morgan fingerprint density at radius 2 is 1.50 bits per heavy atom. The van der Waals surface area contributed by atoms with Gasteiger partial charge in [-0.15, -0.1) is 0 Å². The van der Waals surface area contributed by atoms with Crippen LogP contribution in [0.1, 0.15) is 84.9 Å². The number of hydrogen-bond donors (Lipinski definition) is 12. The highest BCUT2D eigenvalue weighted by Crippen LogP contribution is 2.57. The average molecular weight is 869 g/mol. The van der Waals surface area contributed by atoms with Gasteiger partial charge < -0.3 is 86.4 Å². The predicted octanol–water partition coefficient (Wildman–Crippen LogP) is -1.56. The summed E-state index contributed by atoms with van der Waals surface area (Å²) in [4.78, 5) is 57.5. The van der Waals surface area contributed by atoms with Crippen molar-refractivity contribution in [2.75, 3.05) is 13.7 Å². The Balaban J connectivity index is 1.38. The van der Waals surface area contributed by atoms with Crippen molar-refractivity contribution in [3.05, 3.63) is 68.8 Å². The van der Waals surface area contributed by atoms with E-state index in [0.717, 1.165) is 12.1 Å². The Kier molecular flexibility index (Phi) is 11.7. The summed E-state index contributed by atoms with van der Waals surface area (Å²) < 4.78 is 28.8. The number of carbonyl (C=O) groups is 4. The molecule has 2 fully saturated rings. The van der Waals surface area contributed by atoms with Gasteiger partial charge in [0.15, 0.2) is 30.1 Å². The SMILES string of the molecule is COc1cc(O)c2c(c1)C(=O)c1c(cc3c(c1O)-c1c(cc(C)c(C(=O)N[C@H](C)C(=O)O)c1O)[C@H](O[C@@H]1O[C@H](C)[C@H](N=C(N)N)[C@H](O[C@@H]4OC[C@@H](O)[C@H](O)[C@H]4O)[C@H]1O)[C@H]3O)C2=O. The van der Waals surface area contributed by atoms with Crippen LogP contribution < -0.4 is 21.5 Å². The zero-order chi connectivity index (χ0) is 45.4. The van der Waals surface area contributed by atoms with Crippen molar-refractivity contribution in [3.63, 3.8) is 0 Å². The van der Waals surface area contributed by atoms with Gasteiger partial charge in [-0.2, -0.15) is 0 Å². The van der Waals surface area contributed by atoms with Crippen molar-refractivity contribution in [3.8, 4) is 34.1 Å². The first-order chi connectivity index (χ1) is 29.2. The molecule has 7 rings (SSSR count). The summed E-state index contributed by atoms with van der Waals surface area (Å²) in [5.41, 5.74) is 7.67. The number of benzene rings is 3. The highest BCUT2D eigenvalue weighted by atomic mass is 16.7. The molecule has 2 heterocycles. The van der Waals surface area contributed by atoms with E-state index in [0.29, 0.717) is 0 Å². The quantitative estimate of drug-likeness (QED) is 0.0668. The van der Waals surface area contributed by atoms with E-state index in [4.69, 9.17) is 35.2 Å². The van der Waals surface area contributed by atoms with Gasteiger partial charge in [0.05, 0.1) is 36.5 Å². The van der Waals surface area contributed by atoms with Gasteiger partial charge in [0.25, 0.3) is 5.91 Å². The maximum atomic E-state index is 14.1. The molecule has 14 N–H and O–H groups in total. The largest absolute Gasteiger partial charge is 0.507 e. The zero-order valence-corrected chi connectivity index (χ0v) is 33.2.